The fraction of sp³-hybridized carbons (Fsp3) is 0.286. The molecule has 0 aliphatic carbocycles. The SMILES string of the molecule is C[C@H](Nc1cc(N2CCOCC2)cc(Nc2cnccn2)n1)c1ccc(F)cc1. The van der Waals surface area contributed by atoms with Crippen molar-refractivity contribution in [3.8, 4) is 0 Å². The molecule has 0 unspecified atom stereocenters. The van der Waals surface area contributed by atoms with Crippen molar-refractivity contribution < 1.29 is 9.13 Å². The minimum absolute atomic E-state index is 0.0348. The smallest absolute Gasteiger partial charge is 0.150 e. The largest absolute Gasteiger partial charge is 0.378 e. The van der Waals surface area contributed by atoms with Crippen LogP contribution in [0.15, 0.2) is 55.0 Å². The van der Waals surface area contributed by atoms with E-state index in [-0.39, 0.29) is 11.9 Å². The number of morpholine rings is 1. The van der Waals surface area contributed by atoms with Crippen molar-refractivity contribution in [2.24, 2.45) is 0 Å². The molecule has 4 rings (SSSR count). The first-order chi connectivity index (χ1) is 14.2. The number of halogens is 1. The van der Waals surface area contributed by atoms with Crippen LogP contribution in [0.3, 0.4) is 0 Å². The van der Waals surface area contributed by atoms with Crippen molar-refractivity contribution in [2.45, 2.75) is 13.0 Å². The first-order valence-corrected chi connectivity index (χ1v) is 9.57. The fourth-order valence-corrected chi connectivity index (χ4v) is 3.21. The first kappa shape index (κ1) is 19.1. The van der Waals surface area contributed by atoms with Crippen molar-refractivity contribution in [3.63, 3.8) is 0 Å². The molecule has 1 fully saturated rings. The van der Waals surface area contributed by atoms with E-state index in [0.717, 1.165) is 30.2 Å². The average Bonchev–Trinajstić information content (AvgIpc) is 2.75. The molecule has 29 heavy (non-hydrogen) atoms. The number of hydrogen-bond acceptors (Lipinski definition) is 7. The van der Waals surface area contributed by atoms with Crippen molar-refractivity contribution in [3.05, 3.63) is 66.4 Å². The molecule has 1 saturated heterocycles. The summed E-state index contributed by atoms with van der Waals surface area (Å²) in [5, 5.41) is 6.63. The summed E-state index contributed by atoms with van der Waals surface area (Å²) in [6.07, 6.45) is 4.90. The molecule has 2 aromatic heterocycles. The van der Waals surface area contributed by atoms with E-state index >= 15 is 0 Å². The van der Waals surface area contributed by atoms with E-state index in [9.17, 15) is 4.39 Å². The minimum atomic E-state index is -0.246. The molecule has 0 amide bonds. The molecule has 3 aromatic rings. The summed E-state index contributed by atoms with van der Waals surface area (Å²) in [5.74, 6) is 1.76. The van der Waals surface area contributed by atoms with Gasteiger partial charge in [-0.2, -0.15) is 0 Å². The van der Waals surface area contributed by atoms with Gasteiger partial charge in [0, 0.05) is 49.3 Å². The number of pyridine rings is 1. The lowest BCUT2D eigenvalue weighted by molar-refractivity contribution is 0.122. The quantitative estimate of drug-likeness (QED) is 0.659. The summed E-state index contributed by atoms with van der Waals surface area (Å²) in [7, 11) is 0. The second-order valence-electron chi connectivity index (χ2n) is 6.83. The van der Waals surface area contributed by atoms with Gasteiger partial charge in [0.05, 0.1) is 19.4 Å². The van der Waals surface area contributed by atoms with Crippen molar-refractivity contribution in [1.29, 1.82) is 0 Å². The first-order valence-electron chi connectivity index (χ1n) is 9.57. The van der Waals surface area contributed by atoms with Crippen LogP contribution in [0.5, 0.6) is 0 Å². The Labute approximate surface area is 169 Å². The van der Waals surface area contributed by atoms with Crippen molar-refractivity contribution >= 4 is 23.1 Å². The topological polar surface area (TPSA) is 75.2 Å². The van der Waals surface area contributed by atoms with Gasteiger partial charge in [-0.25, -0.2) is 14.4 Å². The monoisotopic (exact) mass is 394 g/mol. The predicted molar refractivity (Wildman–Crippen MR) is 111 cm³/mol. The average molecular weight is 394 g/mol. The molecule has 7 nitrogen and oxygen atoms in total. The van der Waals surface area contributed by atoms with Gasteiger partial charge < -0.3 is 20.3 Å². The summed E-state index contributed by atoms with van der Waals surface area (Å²) >= 11 is 0. The zero-order valence-electron chi connectivity index (χ0n) is 16.2. The van der Waals surface area contributed by atoms with Gasteiger partial charge >= 0.3 is 0 Å². The van der Waals surface area contributed by atoms with E-state index in [1.807, 2.05) is 19.1 Å². The van der Waals surface area contributed by atoms with E-state index in [4.69, 9.17) is 4.74 Å². The third-order valence-electron chi connectivity index (χ3n) is 4.74. The Kier molecular flexibility index (Phi) is 5.81. The molecule has 1 aliphatic heterocycles. The standard InChI is InChI=1S/C21H23FN6O/c1-15(16-2-4-17(22)5-3-16)25-19-12-18(28-8-10-29-11-9-28)13-20(26-19)27-21-14-23-6-7-24-21/h2-7,12-15H,8-11H2,1H3,(H2,24,25,26,27)/t15-/m0/s1. The Morgan fingerprint density at radius 2 is 1.79 bits per heavy atom. The van der Waals surface area contributed by atoms with Gasteiger partial charge in [-0.1, -0.05) is 12.1 Å². The van der Waals surface area contributed by atoms with Crippen molar-refractivity contribution in [2.75, 3.05) is 41.8 Å². The van der Waals surface area contributed by atoms with Crippen LogP contribution in [-0.4, -0.2) is 41.3 Å². The van der Waals surface area contributed by atoms with Gasteiger partial charge in [-0.05, 0) is 24.6 Å². The van der Waals surface area contributed by atoms with Gasteiger partial charge in [0.1, 0.15) is 23.3 Å². The van der Waals surface area contributed by atoms with E-state index in [2.05, 4.69) is 30.5 Å². The number of ether oxygens (including phenoxy) is 1. The Balaban J connectivity index is 1.60. The molecule has 1 aliphatic rings. The minimum Gasteiger partial charge on any atom is -0.378 e. The Morgan fingerprint density at radius 3 is 2.52 bits per heavy atom. The molecule has 0 bridgehead atoms. The fourth-order valence-electron chi connectivity index (χ4n) is 3.21. The van der Waals surface area contributed by atoms with Crippen LogP contribution in [0.1, 0.15) is 18.5 Å². The molecule has 8 heteroatoms. The zero-order chi connectivity index (χ0) is 20.1. The van der Waals surface area contributed by atoms with Crippen LogP contribution < -0.4 is 15.5 Å². The summed E-state index contributed by atoms with van der Waals surface area (Å²) < 4.78 is 18.7. The number of rotatable bonds is 6. The number of hydrogen-bond donors (Lipinski definition) is 2. The lowest BCUT2D eigenvalue weighted by Crippen LogP contribution is -2.36. The van der Waals surface area contributed by atoms with Crippen LogP contribution in [0.25, 0.3) is 0 Å². The highest BCUT2D eigenvalue weighted by molar-refractivity contribution is 5.65. The molecule has 2 N–H and O–H groups in total. The lowest BCUT2D eigenvalue weighted by atomic mass is 10.1. The summed E-state index contributed by atoms with van der Waals surface area (Å²) in [6, 6.07) is 10.5. The molecule has 0 spiro atoms. The lowest BCUT2D eigenvalue weighted by Gasteiger charge is -2.29. The van der Waals surface area contributed by atoms with Gasteiger partial charge in [-0.3, -0.25) is 4.98 Å². The Bertz CT molecular complexity index is 932. The zero-order valence-corrected chi connectivity index (χ0v) is 16.2. The molecule has 3 heterocycles. The van der Waals surface area contributed by atoms with Gasteiger partial charge in [0.25, 0.3) is 0 Å². The van der Waals surface area contributed by atoms with E-state index in [1.165, 1.54) is 12.1 Å². The molecular formula is C21H23FN6O. The number of benzene rings is 1. The van der Waals surface area contributed by atoms with Crippen LogP contribution >= 0.6 is 0 Å². The number of nitrogens with zero attached hydrogens (tertiary/aromatic N) is 4. The third-order valence-corrected chi connectivity index (χ3v) is 4.74. The van der Waals surface area contributed by atoms with E-state index in [0.29, 0.717) is 24.8 Å². The maximum Gasteiger partial charge on any atom is 0.150 e. The summed E-state index contributed by atoms with van der Waals surface area (Å²) in [6.45, 7) is 5.06. The number of anilines is 4. The molecule has 150 valence electrons. The second kappa shape index (κ2) is 8.83. The normalized spacial score (nSPS) is 15.0. The number of nitrogens with one attached hydrogen (secondary N) is 2. The van der Waals surface area contributed by atoms with Crippen LogP contribution in [0, 0.1) is 5.82 Å². The Morgan fingerprint density at radius 1 is 1.03 bits per heavy atom. The van der Waals surface area contributed by atoms with Crippen LogP contribution in [0.2, 0.25) is 0 Å². The molecule has 1 aromatic carbocycles. The van der Waals surface area contributed by atoms with E-state index in [1.54, 1.807) is 30.7 Å². The Hall–Kier alpha value is -3.26. The molecular weight excluding hydrogens is 371 g/mol. The van der Waals surface area contributed by atoms with Crippen LogP contribution in [0.4, 0.5) is 27.5 Å². The van der Waals surface area contributed by atoms with Crippen LogP contribution in [-0.2, 0) is 4.74 Å². The second-order valence-corrected chi connectivity index (χ2v) is 6.83. The van der Waals surface area contributed by atoms with Gasteiger partial charge in [0.2, 0.25) is 0 Å². The van der Waals surface area contributed by atoms with Crippen molar-refractivity contribution in [1.82, 2.24) is 15.0 Å². The summed E-state index contributed by atoms with van der Waals surface area (Å²) in [5.41, 5.74) is 2.02. The molecule has 0 radical (unpaired) electrons. The molecule has 1 atom stereocenters. The predicted octanol–water partition coefficient (Wildman–Crippen LogP) is 3.76. The highest BCUT2D eigenvalue weighted by Crippen LogP contribution is 2.27. The summed E-state index contributed by atoms with van der Waals surface area (Å²) in [4.78, 5) is 15.3. The van der Waals surface area contributed by atoms with Gasteiger partial charge in [-0.15, -0.1) is 0 Å². The molecule has 0 saturated carbocycles. The van der Waals surface area contributed by atoms with E-state index < -0.39 is 0 Å². The number of aromatic nitrogens is 3. The third kappa shape index (κ3) is 4.97. The highest BCUT2D eigenvalue weighted by Gasteiger charge is 2.15. The van der Waals surface area contributed by atoms with Gasteiger partial charge in [0.15, 0.2) is 0 Å². The highest BCUT2D eigenvalue weighted by atomic mass is 19.1. The maximum absolute atomic E-state index is 13.2. The maximum atomic E-state index is 13.2.